The third kappa shape index (κ3) is 3.73. The highest BCUT2D eigenvalue weighted by molar-refractivity contribution is 5.69. The van der Waals surface area contributed by atoms with Crippen molar-refractivity contribution in [3.63, 3.8) is 0 Å². The third-order valence-corrected chi connectivity index (χ3v) is 2.74. The van der Waals surface area contributed by atoms with Crippen LogP contribution in [0.1, 0.15) is 52.9 Å². The molecule has 1 rings (SSSR count). The van der Waals surface area contributed by atoms with Crippen LogP contribution in [0.3, 0.4) is 0 Å². The number of hydrogen-bond acceptors (Lipinski definition) is 3. The van der Waals surface area contributed by atoms with Crippen molar-refractivity contribution in [3.8, 4) is 6.07 Å². The number of carbonyl (C=O) groups excluding carboxylic acids is 1. The average molecular weight is 224 g/mol. The number of rotatable bonds is 2. The van der Waals surface area contributed by atoms with Crippen molar-refractivity contribution >= 4 is 6.09 Å². The van der Waals surface area contributed by atoms with Gasteiger partial charge in [-0.15, -0.1) is 0 Å². The molecule has 0 aromatic carbocycles. The van der Waals surface area contributed by atoms with Crippen LogP contribution in [0.25, 0.3) is 0 Å². The molecule has 4 heteroatoms. The van der Waals surface area contributed by atoms with Crippen LogP contribution in [0.5, 0.6) is 0 Å². The van der Waals surface area contributed by atoms with Gasteiger partial charge in [-0.05, 0) is 33.6 Å². The molecule has 1 aliphatic carbocycles. The molecule has 90 valence electrons. The molecular weight excluding hydrogens is 204 g/mol. The number of ether oxygens (including phenoxy) is 1. The molecule has 0 spiro atoms. The summed E-state index contributed by atoms with van der Waals surface area (Å²) in [6, 6.07) is 2.15. The minimum atomic E-state index is -0.490. The van der Waals surface area contributed by atoms with Gasteiger partial charge in [0.05, 0.1) is 18.0 Å². The zero-order valence-electron chi connectivity index (χ0n) is 10.3. The van der Waals surface area contributed by atoms with E-state index in [0.717, 1.165) is 25.7 Å². The lowest BCUT2D eigenvalue weighted by atomic mass is 9.94. The van der Waals surface area contributed by atoms with E-state index in [4.69, 9.17) is 10.00 Å². The average Bonchev–Trinajstić information content (AvgIpc) is 2.49. The highest BCUT2D eigenvalue weighted by Crippen LogP contribution is 2.32. The zero-order chi connectivity index (χ0) is 12.2. The lowest BCUT2D eigenvalue weighted by Crippen LogP contribution is -2.48. The van der Waals surface area contributed by atoms with Crippen molar-refractivity contribution in [2.45, 2.75) is 64.0 Å². The molecule has 1 fully saturated rings. The lowest BCUT2D eigenvalue weighted by Gasteiger charge is -2.29. The Balaban J connectivity index is 2.56. The molecule has 16 heavy (non-hydrogen) atoms. The highest BCUT2D eigenvalue weighted by atomic mass is 16.6. The van der Waals surface area contributed by atoms with Crippen molar-refractivity contribution in [1.29, 1.82) is 5.26 Å². The van der Waals surface area contributed by atoms with E-state index in [0.29, 0.717) is 6.42 Å². The van der Waals surface area contributed by atoms with Gasteiger partial charge < -0.3 is 10.1 Å². The fourth-order valence-corrected chi connectivity index (χ4v) is 2.07. The molecule has 0 heterocycles. The Morgan fingerprint density at radius 1 is 1.44 bits per heavy atom. The molecule has 0 aromatic rings. The quantitative estimate of drug-likeness (QED) is 0.784. The van der Waals surface area contributed by atoms with Gasteiger partial charge in [-0.1, -0.05) is 12.8 Å². The predicted molar refractivity (Wildman–Crippen MR) is 60.8 cm³/mol. The molecule has 0 aromatic heterocycles. The largest absolute Gasteiger partial charge is 0.444 e. The van der Waals surface area contributed by atoms with Gasteiger partial charge in [0.1, 0.15) is 5.60 Å². The molecule has 0 radical (unpaired) electrons. The number of carbonyl (C=O) groups is 1. The van der Waals surface area contributed by atoms with E-state index in [9.17, 15) is 4.79 Å². The minimum absolute atomic E-state index is 0.350. The summed E-state index contributed by atoms with van der Waals surface area (Å²) in [6.07, 6.45) is 3.84. The summed E-state index contributed by atoms with van der Waals surface area (Å²) >= 11 is 0. The highest BCUT2D eigenvalue weighted by Gasteiger charge is 2.36. The number of nitrogens with zero attached hydrogens (tertiary/aromatic N) is 1. The van der Waals surface area contributed by atoms with Crippen LogP contribution in [0.2, 0.25) is 0 Å². The molecule has 1 aliphatic rings. The molecule has 0 unspecified atom stereocenters. The van der Waals surface area contributed by atoms with Gasteiger partial charge in [0.15, 0.2) is 0 Å². The standard InChI is InChI=1S/C12H20N2O2/c1-11(2,3)16-10(15)14-12(8-9-13)6-4-5-7-12/h4-8H2,1-3H3,(H,14,15). The van der Waals surface area contributed by atoms with E-state index >= 15 is 0 Å². The number of nitriles is 1. The first-order chi connectivity index (χ1) is 7.37. The van der Waals surface area contributed by atoms with Crippen LogP contribution in [-0.2, 0) is 4.74 Å². The van der Waals surface area contributed by atoms with Crippen LogP contribution >= 0.6 is 0 Å². The maximum atomic E-state index is 11.7. The predicted octanol–water partition coefficient (Wildman–Crippen LogP) is 2.74. The van der Waals surface area contributed by atoms with E-state index in [2.05, 4.69) is 11.4 Å². The van der Waals surface area contributed by atoms with Crippen LogP contribution in [-0.4, -0.2) is 17.2 Å². The number of nitrogens with one attached hydrogen (secondary N) is 1. The van der Waals surface area contributed by atoms with Crippen molar-refractivity contribution in [2.75, 3.05) is 0 Å². The molecule has 0 atom stereocenters. The van der Waals surface area contributed by atoms with Gasteiger partial charge in [0, 0.05) is 0 Å². The van der Waals surface area contributed by atoms with E-state index in [1.807, 2.05) is 20.8 Å². The van der Waals surface area contributed by atoms with Crippen LogP contribution in [0.4, 0.5) is 4.79 Å². The molecule has 1 amide bonds. The number of hydrogen-bond donors (Lipinski definition) is 1. The van der Waals surface area contributed by atoms with Crippen molar-refractivity contribution in [3.05, 3.63) is 0 Å². The maximum absolute atomic E-state index is 11.7. The Morgan fingerprint density at radius 3 is 2.44 bits per heavy atom. The zero-order valence-corrected chi connectivity index (χ0v) is 10.3. The molecule has 0 aliphatic heterocycles. The second-order valence-corrected chi connectivity index (χ2v) is 5.45. The summed E-state index contributed by atoms with van der Waals surface area (Å²) in [5.41, 5.74) is -0.840. The Labute approximate surface area is 97.0 Å². The first kappa shape index (κ1) is 12.8. The monoisotopic (exact) mass is 224 g/mol. The molecule has 4 nitrogen and oxygen atoms in total. The second kappa shape index (κ2) is 4.73. The Bertz CT molecular complexity index is 293. The van der Waals surface area contributed by atoms with Gasteiger partial charge in [0.2, 0.25) is 0 Å². The van der Waals surface area contributed by atoms with Crippen LogP contribution in [0, 0.1) is 11.3 Å². The molecule has 0 saturated heterocycles. The van der Waals surface area contributed by atoms with Crippen LogP contribution < -0.4 is 5.32 Å². The van der Waals surface area contributed by atoms with Gasteiger partial charge in [-0.2, -0.15) is 5.26 Å². The Morgan fingerprint density at radius 2 is 2.00 bits per heavy atom. The fourth-order valence-electron chi connectivity index (χ4n) is 2.07. The van der Waals surface area contributed by atoms with Crippen molar-refractivity contribution < 1.29 is 9.53 Å². The Kier molecular flexibility index (Phi) is 3.79. The van der Waals surface area contributed by atoms with E-state index in [-0.39, 0.29) is 5.54 Å². The summed E-state index contributed by atoms with van der Waals surface area (Å²) in [6.45, 7) is 5.49. The maximum Gasteiger partial charge on any atom is 0.408 e. The molecule has 1 saturated carbocycles. The fraction of sp³-hybridized carbons (Fsp3) is 0.833. The number of amides is 1. The van der Waals surface area contributed by atoms with Crippen LogP contribution in [0.15, 0.2) is 0 Å². The SMILES string of the molecule is CC(C)(C)OC(=O)NC1(CC#N)CCCC1. The summed E-state index contributed by atoms with van der Waals surface area (Å²) < 4.78 is 5.21. The van der Waals surface area contributed by atoms with E-state index in [1.54, 1.807) is 0 Å². The van der Waals surface area contributed by atoms with Gasteiger partial charge >= 0.3 is 6.09 Å². The van der Waals surface area contributed by atoms with Gasteiger partial charge in [-0.3, -0.25) is 0 Å². The summed E-state index contributed by atoms with van der Waals surface area (Å²) in [7, 11) is 0. The van der Waals surface area contributed by atoms with Gasteiger partial charge in [-0.25, -0.2) is 4.79 Å². The molecule has 1 N–H and O–H groups in total. The number of alkyl carbamates (subject to hydrolysis) is 1. The van der Waals surface area contributed by atoms with Crippen molar-refractivity contribution in [2.24, 2.45) is 0 Å². The first-order valence-corrected chi connectivity index (χ1v) is 5.75. The molecular formula is C12H20N2O2. The Hall–Kier alpha value is -1.24. The summed E-state index contributed by atoms with van der Waals surface area (Å²) in [5.74, 6) is 0. The third-order valence-electron chi connectivity index (χ3n) is 2.74. The molecule has 0 bridgehead atoms. The van der Waals surface area contributed by atoms with E-state index in [1.165, 1.54) is 0 Å². The minimum Gasteiger partial charge on any atom is -0.444 e. The summed E-state index contributed by atoms with van der Waals surface area (Å²) in [4.78, 5) is 11.7. The van der Waals surface area contributed by atoms with Gasteiger partial charge in [0.25, 0.3) is 0 Å². The van der Waals surface area contributed by atoms with E-state index < -0.39 is 11.7 Å². The topological polar surface area (TPSA) is 62.1 Å². The first-order valence-electron chi connectivity index (χ1n) is 5.75. The summed E-state index contributed by atoms with van der Waals surface area (Å²) in [5, 5.41) is 11.7. The lowest BCUT2D eigenvalue weighted by molar-refractivity contribution is 0.0458. The second-order valence-electron chi connectivity index (χ2n) is 5.45. The van der Waals surface area contributed by atoms with Crippen molar-refractivity contribution in [1.82, 2.24) is 5.32 Å². The normalized spacial score (nSPS) is 18.9. The smallest absolute Gasteiger partial charge is 0.408 e.